The summed E-state index contributed by atoms with van der Waals surface area (Å²) in [5, 5.41) is 4.57. The molecule has 0 unspecified atom stereocenters. The van der Waals surface area contributed by atoms with Crippen LogP contribution in [0.25, 0.3) is 0 Å². The van der Waals surface area contributed by atoms with Crippen LogP contribution in [-0.2, 0) is 16.7 Å². The molecule has 0 bridgehead atoms. The lowest BCUT2D eigenvalue weighted by molar-refractivity contribution is 0.0852. The summed E-state index contributed by atoms with van der Waals surface area (Å²) in [5.41, 5.74) is 1.40. The van der Waals surface area contributed by atoms with Crippen molar-refractivity contribution in [3.8, 4) is 0 Å². The molecule has 4 heteroatoms. The quantitative estimate of drug-likeness (QED) is 0.915. The summed E-state index contributed by atoms with van der Waals surface area (Å²) in [7, 11) is 2.00. The molecule has 1 aliphatic heterocycles. The maximum Gasteiger partial charge on any atom is 0.0964 e. The largest absolute Gasteiger partial charge is 0.381 e. The van der Waals surface area contributed by atoms with E-state index in [4.69, 9.17) is 9.72 Å². The molecule has 2 rings (SSSR count). The third-order valence-corrected chi connectivity index (χ3v) is 4.55. The Labute approximate surface area is 114 Å². The van der Waals surface area contributed by atoms with Crippen LogP contribution in [0.2, 0.25) is 0 Å². The molecule has 0 saturated carbocycles. The van der Waals surface area contributed by atoms with Gasteiger partial charge in [-0.1, -0.05) is 20.8 Å². The fourth-order valence-electron chi connectivity index (χ4n) is 2.36. The third-order valence-electron chi connectivity index (χ3n) is 3.33. The van der Waals surface area contributed by atoms with Gasteiger partial charge in [-0.25, -0.2) is 4.98 Å². The number of nitrogens with one attached hydrogen (secondary N) is 1. The highest BCUT2D eigenvalue weighted by Crippen LogP contribution is 2.36. The van der Waals surface area contributed by atoms with Crippen LogP contribution >= 0.6 is 11.3 Å². The van der Waals surface area contributed by atoms with Crippen molar-refractivity contribution >= 4 is 11.3 Å². The number of thiazole rings is 1. The first-order valence-electron chi connectivity index (χ1n) is 6.75. The normalized spacial score (nSPS) is 18.2. The lowest BCUT2D eigenvalue weighted by atomic mass is 9.91. The predicted molar refractivity (Wildman–Crippen MR) is 76.4 cm³/mol. The van der Waals surface area contributed by atoms with E-state index in [2.05, 4.69) is 26.1 Å². The molecule has 3 nitrogen and oxygen atoms in total. The number of hydrogen-bond donors (Lipinski definition) is 1. The molecule has 0 aromatic carbocycles. The number of ether oxygens (including phenoxy) is 1. The first-order valence-corrected chi connectivity index (χ1v) is 7.56. The van der Waals surface area contributed by atoms with E-state index in [1.54, 1.807) is 0 Å². The van der Waals surface area contributed by atoms with Gasteiger partial charge in [0.25, 0.3) is 0 Å². The fourth-order valence-corrected chi connectivity index (χ4v) is 3.81. The third kappa shape index (κ3) is 3.11. The molecule has 0 amide bonds. The minimum Gasteiger partial charge on any atom is -0.381 e. The SMILES string of the molecule is CNCc1sc(C2CCOCC2)nc1C(C)(C)C. The molecule has 1 N–H and O–H groups in total. The molecule has 2 heterocycles. The topological polar surface area (TPSA) is 34.1 Å². The first kappa shape index (κ1) is 14.0. The molecule has 18 heavy (non-hydrogen) atoms. The molecule has 1 saturated heterocycles. The molecular formula is C14H24N2OS. The van der Waals surface area contributed by atoms with Crippen molar-refractivity contribution in [1.29, 1.82) is 0 Å². The second kappa shape index (κ2) is 5.68. The van der Waals surface area contributed by atoms with E-state index < -0.39 is 0 Å². The summed E-state index contributed by atoms with van der Waals surface area (Å²) in [4.78, 5) is 6.34. The maximum atomic E-state index is 5.44. The zero-order valence-corrected chi connectivity index (χ0v) is 12.7. The van der Waals surface area contributed by atoms with Crippen molar-refractivity contribution in [1.82, 2.24) is 10.3 Å². The van der Waals surface area contributed by atoms with Crippen molar-refractivity contribution in [2.24, 2.45) is 0 Å². The smallest absolute Gasteiger partial charge is 0.0964 e. The standard InChI is InChI=1S/C14H24N2OS/c1-14(2,3)12-11(9-15-4)18-13(16-12)10-5-7-17-8-6-10/h10,15H,5-9H2,1-4H3. The Bertz CT molecular complexity index is 389. The van der Waals surface area contributed by atoms with Gasteiger partial charge < -0.3 is 10.1 Å². The van der Waals surface area contributed by atoms with Gasteiger partial charge in [-0.05, 0) is 19.9 Å². The molecule has 1 aromatic heterocycles. The molecule has 1 aliphatic rings. The molecular weight excluding hydrogens is 244 g/mol. The van der Waals surface area contributed by atoms with Gasteiger partial charge in [0.1, 0.15) is 0 Å². The number of rotatable bonds is 3. The highest BCUT2D eigenvalue weighted by molar-refractivity contribution is 7.11. The lowest BCUT2D eigenvalue weighted by Gasteiger charge is -2.20. The average Bonchev–Trinajstić information content (AvgIpc) is 2.75. The molecule has 1 aromatic rings. The van der Waals surface area contributed by atoms with Crippen molar-refractivity contribution in [2.75, 3.05) is 20.3 Å². The summed E-state index contributed by atoms with van der Waals surface area (Å²) in [5.74, 6) is 0.607. The van der Waals surface area contributed by atoms with Crippen LogP contribution in [-0.4, -0.2) is 25.2 Å². The van der Waals surface area contributed by atoms with Gasteiger partial charge in [0, 0.05) is 36.0 Å². The highest BCUT2D eigenvalue weighted by Gasteiger charge is 2.26. The average molecular weight is 268 g/mol. The van der Waals surface area contributed by atoms with E-state index >= 15 is 0 Å². The van der Waals surface area contributed by atoms with E-state index in [0.29, 0.717) is 5.92 Å². The van der Waals surface area contributed by atoms with Gasteiger partial charge >= 0.3 is 0 Å². The Morgan fingerprint density at radius 1 is 1.33 bits per heavy atom. The van der Waals surface area contributed by atoms with Crippen LogP contribution in [0.15, 0.2) is 0 Å². The van der Waals surface area contributed by atoms with Crippen LogP contribution in [0.4, 0.5) is 0 Å². The highest BCUT2D eigenvalue weighted by atomic mass is 32.1. The molecule has 102 valence electrons. The fraction of sp³-hybridized carbons (Fsp3) is 0.786. The summed E-state index contributed by atoms with van der Waals surface area (Å²) in [6, 6.07) is 0. The minimum absolute atomic E-state index is 0.131. The van der Waals surface area contributed by atoms with Crippen LogP contribution in [0.3, 0.4) is 0 Å². The van der Waals surface area contributed by atoms with Gasteiger partial charge in [0.15, 0.2) is 0 Å². The Morgan fingerprint density at radius 3 is 2.56 bits per heavy atom. The number of aromatic nitrogens is 1. The van der Waals surface area contributed by atoms with Gasteiger partial charge in [0.2, 0.25) is 0 Å². The van der Waals surface area contributed by atoms with Gasteiger partial charge in [0.05, 0.1) is 10.7 Å². The zero-order valence-electron chi connectivity index (χ0n) is 11.9. The second-order valence-corrected chi connectivity index (χ2v) is 7.11. The van der Waals surface area contributed by atoms with E-state index in [1.165, 1.54) is 15.6 Å². The summed E-state index contributed by atoms with van der Waals surface area (Å²) in [6.07, 6.45) is 2.24. The Morgan fingerprint density at radius 2 is 2.00 bits per heavy atom. The Hall–Kier alpha value is -0.450. The summed E-state index contributed by atoms with van der Waals surface area (Å²) in [6.45, 7) is 9.43. The molecule has 0 aliphatic carbocycles. The Kier molecular flexibility index (Phi) is 4.41. The number of nitrogens with zero attached hydrogens (tertiary/aromatic N) is 1. The van der Waals surface area contributed by atoms with E-state index in [0.717, 1.165) is 32.6 Å². The summed E-state index contributed by atoms with van der Waals surface area (Å²) < 4.78 is 5.44. The minimum atomic E-state index is 0.131. The van der Waals surface area contributed by atoms with E-state index in [-0.39, 0.29) is 5.41 Å². The maximum absolute atomic E-state index is 5.44. The Balaban J connectivity index is 2.26. The predicted octanol–water partition coefficient (Wildman–Crippen LogP) is 3.05. The van der Waals surface area contributed by atoms with Crippen LogP contribution in [0, 0.1) is 0 Å². The zero-order chi connectivity index (χ0) is 13.2. The number of hydrogen-bond acceptors (Lipinski definition) is 4. The second-order valence-electron chi connectivity index (χ2n) is 5.99. The first-order chi connectivity index (χ1) is 8.52. The molecule has 0 atom stereocenters. The van der Waals surface area contributed by atoms with Crippen molar-refractivity contribution < 1.29 is 4.74 Å². The van der Waals surface area contributed by atoms with Gasteiger partial charge in [-0.15, -0.1) is 11.3 Å². The van der Waals surface area contributed by atoms with Crippen LogP contribution in [0.5, 0.6) is 0 Å². The van der Waals surface area contributed by atoms with Crippen molar-refractivity contribution in [3.63, 3.8) is 0 Å². The van der Waals surface area contributed by atoms with Crippen LogP contribution < -0.4 is 5.32 Å². The van der Waals surface area contributed by atoms with Crippen molar-refractivity contribution in [3.05, 3.63) is 15.6 Å². The molecule has 0 radical (unpaired) electrons. The monoisotopic (exact) mass is 268 g/mol. The van der Waals surface area contributed by atoms with Gasteiger partial charge in [-0.3, -0.25) is 0 Å². The molecule has 0 spiro atoms. The van der Waals surface area contributed by atoms with E-state index in [9.17, 15) is 0 Å². The lowest BCUT2D eigenvalue weighted by Crippen LogP contribution is -2.17. The van der Waals surface area contributed by atoms with Crippen molar-refractivity contribution in [2.45, 2.75) is 51.5 Å². The van der Waals surface area contributed by atoms with E-state index in [1.807, 2.05) is 18.4 Å². The van der Waals surface area contributed by atoms with Gasteiger partial charge in [-0.2, -0.15) is 0 Å². The van der Waals surface area contributed by atoms with Crippen LogP contribution in [0.1, 0.15) is 55.1 Å². The molecule has 1 fully saturated rings. The summed E-state index contributed by atoms with van der Waals surface area (Å²) >= 11 is 1.89.